The van der Waals surface area contributed by atoms with Gasteiger partial charge in [-0.15, -0.1) is 0 Å². The van der Waals surface area contributed by atoms with Gasteiger partial charge in [0.1, 0.15) is 5.60 Å². The summed E-state index contributed by atoms with van der Waals surface area (Å²) in [5, 5.41) is 10.3. The summed E-state index contributed by atoms with van der Waals surface area (Å²) >= 11 is 0. The average molecular weight is 239 g/mol. The van der Waals surface area contributed by atoms with E-state index in [0.29, 0.717) is 12.6 Å². The lowest BCUT2D eigenvalue weighted by Crippen LogP contribution is -2.45. The van der Waals surface area contributed by atoms with Gasteiger partial charge in [0.25, 0.3) is 0 Å². The molecule has 0 aromatic carbocycles. The fraction of sp³-hybridized carbons (Fsp3) is 0.923. The van der Waals surface area contributed by atoms with Crippen molar-refractivity contribution in [3.63, 3.8) is 0 Å². The van der Waals surface area contributed by atoms with Gasteiger partial charge in [0.05, 0.1) is 5.60 Å². The highest BCUT2D eigenvalue weighted by Gasteiger charge is 2.70. The summed E-state index contributed by atoms with van der Waals surface area (Å²) in [7, 11) is 0. The third kappa shape index (κ3) is 1.57. The molecular weight excluding hydrogens is 218 g/mol. The number of carbonyl (C=O) groups excluding carboxylic acids is 1. The Morgan fingerprint density at radius 2 is 1.94 bits per heavy atom. The van der Waals surface area contributed by atoms with Crippen LogP contribution in [0.3, 0.4) is 0 Å². The minimum atomic E-state index is -0.472. The molecule has 0 atom stereocenters. The monoisotopic (exact) mass is 239 g/mol. The summed E-state index contributed by atoms with van der Waals surface area (Å²) in [5.74, 6) is 0. The van der Waals surface area contributed by atoms with E-state index in [1.165, 1.54) is 0 Å². The van der Waals surface area contributed by atoms with Crippen molar-refractivity contribution in [1.29, 1.82) is 0 Å². The second kappa shape index (κ2) is 2.97. The molecule has 4 nitrogen and oxygen atoms in total. The van der Waals surface area contributed by atoms with Crippen molar-refractivity contribution >= 4 is 6.09 Å². The molecule has 2 aliphatic heterocycles. The molecular formula is C13H21NO3. The van der Waals surface area contributed by atoms with E-state index < -0.39 is 11.2 Å². The van der Waals surface area contributed by atoms with Gasteiger partial charge in [-0.05, 0) is 46.5 Å². The Kier molecular flexibility index (Phi) is 1.98. The molecule has 2 saturated heterocycles. The van der Waals surface area contributed by atoms with E-state index in [9.17, 15) is 9.90 Å². The molecule has 4 rings (SSSR count). The summed E-state index contributed by atoms with van der Waals surface area (Å²) in [6.45, 7) is 6.34. The molecule has 1 amide bonds. The van der Waals surface area contributed by atoms with Crippen LogP contribution in [0.2, 0.25) is 0 Å². The van der Waals surface area contributed by atoms with E-state index in [0.717, 1.165) is 25.7 Å². The third-order valence-corrected chi connectivity index (χ3v) is 4.51. The lowest BCUT2D eigenvalue weighted by atomic mass is 9.65. The van der Waals surface area contributed by atoms with Crippen LogP contribution in [-0.4, -0.2) is 39.9 Å². The smallest absolute Gasteiger partial charge is 0.410 e. The molecule has 0 aromatic heterocycles. The number of rotatable bonds is 1. The van der Waals surface area contributed by atoms with E-state index >= 15 is 0 Å². The van der Waals surface area contributed by atoms with Crippen molar-refractivity contribution in [3.05, 3.63) is 0 Å². The van der Waals surface area contributed by atoms with Gasteiger partial charge >= 0.3 is 6.09 Å². The highest BCUT2D eigenvalue weighted by Crippen LogP contribution is 2.65. The molecule has 4 fully saturated rings. The molecule has 96 valence electrons. The maximum atomic E-state index is 12.0. The van der Waals surface area contributed by atoms with Gasteiger partial charge in [-0.25, -0.2) is 4.79 Å². The maximum Gasteiger partial charge on any atom is 0.410 e. The summed E-state index contributed by atoms with van der Waals surface area (Å²) in [4.78, 5) is 13.8. The fourth-order valence-electron chi connectivity index (χ4n) is 3.36. The Hall–Kier alpha value is -0.770. The van der Waals surface area contributed by atoms with Crippen molar-refractivity contribution in [3.8, 4) is 0 Å². The van der Waals surface area contributed by atoms with Crippen LogP contribution in [0, 0.1) is 5.41 Å². The second-order valence-electron chi connectivity index (χ2n) is 6.98. The Morgan fingerprint density at radius 3 is 2.41 bits per heavy atom. The first-order chi connectivity index (χ1) is 7.75. The van der Waals surface area contributed by atoms with Crippen molar-refractivity contribution in [2.75, 3.05) is 6.54 Å². The van der Waals surface area contributed by atoms with E-state index in [1.807, 2.05) is 25.7 Å². The zero-order valence-electron chi connectivity index (χ0n) is 10.8. The maximum absolute atomic E-state index is 12.0. The number of fused-ring (bicyclic) bond motifs is 1. The van der Waals surface area contributed by atoms with Gasteiger partial charge in [0.15, 0.2) is 0 Å². The highest BCUT2D eigenvalue weighted by molar-refractivity contribution is 5.70. The van der Waals surface area contributed by atoms with Crippen molar-refractivity contribution in [2.24, 2.45) is 5.41 Å². The molecule has 2 heterocycles. The molecule has 0 radical (unpaired) electrons. The Balaban J connectivity index is 1.67. The standard InChI is InChI=1S/C13H21NO3/c1-11(2,3)17-10(15)14-8-12(6-9(14)7-12)13(16)4-5-13/h9,16H,4-8H2,1-3H3. The predicted molar refractivity (Wildman–Crippen MR) is 62.6 cm³/mol. The summed E-state index contributed by atoms with van der Waals surface area (Å²) in [6.07, 6.45) is 3.51. The lowest BCUT2D eigenvalue weighted by molar-refractivity contribution is -0.0251. The van der Waals surface area contributed by atoms with Gasteiger partial charge in [0.2, 0.25) is 0 Å². The number of hydrogen-bond acceptors (Lipinski definition) is 3. The average Bonchev–Trinajstić information content (AvgIpc) is 2.62. The van der Waals surface area contributed by atoms with Crippen LogP contribution >= 0.6 is 0 Å². The third-order valence-electron chi connectivity index (χ3n) is 4.51. The van der Waals surface area contributed by atoms with E-state index in [-0.39, 0.29) is 11.5 Å². The topological polar surface area (TPSA) is 49.8 Å². The van der Waals surface area contributed by atoms with Crippen molar-refractivity contribution in [2.45, 2.75) is 63.7 Å². The molecule has 2 aliphatic carbocycles. The number of nitrogens with zero attached hydrogens (tertiary/aromatic N) is 1. The Morgan fingerprint density at radius 1 is 1.35 bits per heavy atom. The van der Waals surface area contributed by atoms with Crippen LogP contribution in [0.1, 0.15) is 46.5 Å². The number of carbonyl (C=O) groups is 1. The first kappa shape index (κ1) is 11.3. The number of aliphatic hydroxyl groups is 1. The van der Waals surface area contributed by atoms with Crippen LogP contribution in [0.4, 0.5) is 4.79 Å². The molecule has 1 N–H and O–H groups in total. The van der Waals surface area contributed by atoms with Crippen LogP contribution in [-0.2, 0) is 4.74 Å². The van der Waals surface area contributed by atoms with Crippen molar-refractivity contribution in [1.82, 2.24) is 4.90 Å². The first-order valence-corrected chi connectivity index (χ1v) is 6.47. The lowest BCUT2D eigenvalue weighted by Gasteiger charge is -2.41. The zero-order chi connectivity index (χ0) is 12.5. The van der Waals surface area contributed by atoms with Crippen LogP contribution < -0.4 is 0 Å². The van der Waals surface area contributed by atoms with Gasteiger partial charge in [-0.2, -0.15) is 0 Å². The van der Waals surface area contributed by atoms with Crippen molar-refractivity contribution < 1.29 is 14.6 Å². The predicted octanol–water partition coefficient (Wildman–Crippen LogP) is 1.91. The molecule has 4 heteroatoms. The Labute approximate surface area is 102 Å². The normalized spacial score (nSPS) is 37.6. The van der Waals surface area contributed by atoms with Gasteiger partial charge in [0, 0.05) is 18.0 Å². The Bertz CT molecular complexity index is 361. The van der Waals surface area contributed by atoms with Gasteiger partial charge < -0.3 is 14.7 Å². The number of ether oxygens (including phenoxy) is 1. The van der Waals surface area contributed by atoms with E-state index in [4.69, 9.17) is 4.74 Å². The van der Waals surface area contributed by atoms with Crippen LogP contribution in [0.25, 0.3) is 0 Å². The molecule has 2 bridgehead atoms. The highest BCUT2D eigenvalue weighted by atomic mass is 16.6. The van der Waals surface area contributed by atoms with Crippen LogP contribution in [0.5, 0.6) is 0 Å². The number of amides is 1. The quantitative estimate of drug-likeness (QED) is 0.760. The largest absolute Gasteiger partial charge is 0.444 e. The van der Waals surface area contributed by atoms with Gasteiger partial charge in [-0.3, -0.25) is 0 Å². The summed E-state index contributed by atoms with van der Waals surface area (Å²) in [5.41, 5.74) is -0.914. The van der Waals surface area contributed by atoms with E-state index in [2.05, 4.69) is 0 Å². The molecule has 4 aliphatic rings. The molecule has 17 heavy (non-hydrogen) atoms. The molecule has 0 aromatic rings. The number of hydrogen-bond donors (Lipinski definition) is 1. The fourth-order valence-corrected chi connectivity index (χ4v) is 3.36. The molecule has 0 unspecified atom stereocenters. The zero-order valence-corrected chi connectivity index (χ0v) is 10.8. The second-order valence-corrected chi connectivity index (χ2v) is 6.98. The van der Waals surface area contributed by atoms with E-state index in [1.54, 1.807) is 0 Å². The van der Waals surface area contributed by atoms with Crippen LogP contribution in [0.15, 0.2) is 0 Å². The van der Waals surface area contributed by atoms with Gasteiger partial charge in [-0.1, -0.05) is 0 Å². The summed E-state index contributed by atoms with van der Waals surface area (Å²) < 4.78 is 5.40. The molecule has 0 spiro atoms. The minimum absolute atomic E-state index is 0.00539. The first-order valence-electron chi connectivity index (χ1n) is 6.47. The SMILES string of the molecule is CC(C)(C)OC(=O)N1CC2(C3(O)CC3)CC1C2. The summed E-state index contributed by atoms with van der Waals surface area (Å²) in [6, 6.07) is 0.300. The minimum Gasteiger partial charge on any atom is -0.444 e. The molecule has 2 saturated carbocycles.